The van der Waals surface area contributed by atoms with Crippen LogP contribution in [0.15, 0.2) is 40.9 Å². The smallest absolute Gasteiger partial charge is 0.357 e. The predicted octanol–water partition coefficient (Wildman–Crippen LogP) is 3.93. The lowest BCUT2D eigenvalue weighted by atomic mass is 9.96. The Labute approximate surface area is 171 Å². The minimum Gasteiger partial charge on any atom is -0.507 e. The molecule has 0 aliphatic rings. The van der Waals surface area contributed by atoms with E-state index in [2.05, 4.69) is 25.7 Å². The van der Waals surface area contributed by atoms with E-state index in [0.29, 0.717) is 40.1 Å². The first kappa shape index (κ1) is 19.4. The zero-order valence-electron chi connectivity index (χ0n) is 16.7. The van der Waals surface area contributed by atoms with Gasteiger partial charge in [0, 0.05) is 28.6 Å². The van der Waals surface area contributed by atoms with Crippen molar-refractivity contribution in [2.24, 2.45) is 0 Å². The number of carbonyl (C=O) groups is 1. The largest absolute Gasteiger partial charge is 0.507 e. The van der Waals surface area contributed by atoms with Crippen molar-refractivity contribution in [3.8, 4) is 17.2 Å². The molecule has 2 heterocycles. The monoisotopic (exact) mass is 407 g/mol. The highest BCUT2D eigenvalue weighted by Crippen LogP contribution is 2.33. The summed E-state index contributed by atoms with van der Waals surface area (Å²) < 4.78 is 5.34. The lowest BCUT2D eigenvalue weighted by Crippen LogP contribution is -2.13. The van der Waals surface area contributed by atoms with Gasteiger partial charge in [-0.3, -0.25) is 5.10 Å². The van der Waals surface area contributed by atoms with Gasteiger partial charge >= 0.3 is 5.97 Å². The summed E-state index contributed by atoms with van der Waals surface area (Å²) in [6.45, 7) is 6.25. The number of aromatic nitrogens is 4. The minimum absolute atomic E-state index is 0.0375. The van der Waals surface area contributed by atoms with E-state index < -0.39 is 5.97 Å². The van der Waals surface area contributed by atoms with E-state index >= 15 is 0 Å². The molecule has 0 aliphatic carbocycles. The number of para-hydroxylation sites is 1. The molecular formula is C21H21N5O4. The second-order valence-corrected chi connectivity index (χ2v) is 7.98. The number of anilines is 1. The number of aromatic amines is 1. The highest BCUT2D eigenvalue weighted by Gasteiger charge is 2.23. The number of aromatic carboxylic acids is 1. The first-order valence-electron chi connectivity index (χ1n) is 9.35. The molecule has 0 saturated carbocycles. The molecular weight excluding hydrogens is 386 g/mol. The first-order valence-corrected chi connectivity index (χ1v) is 9.35. The molecule has 2 aromatic heterocycles. The van der Waals surface area contributed by atoms with Crippen LogP contribution in [-0.2, 0) is 12.0 Å². The summed E-state index contributed by atoms with van der Waals surface area (Å²) >= 11 is 0. The molecule has 0 amide bonds. The van der Waals surface area contributed by atoms with Gasteiger partial charge < -0.3 is 20.1 Å². The van der Waals surface area contributed by atoms with E-state index in [-0.39, 0.29) is 22.7 Å². The molecule has 0 atom stereocenters. The van der Waals surface area contributed by atoms with Crippen molar-refractivity contribution < 1.29 is 19.5 Å². The van der Waals surface area contributed by atoms with Gasteiger partial charge in [-0.15, -0.1) is 0 Å². The van der Waals surface area contributed by atoms with Gasteiger partial charge in [-0.2, -0.15) is 10.1 Å². The Kier molecular flexibility index (Phi) is 4.65. The number of rotatable bonds is 5. The van der Waals surface area contributed by atoms with Crippen LogP contribution < -0.4 is 5.32 Å². The number of nitrogens with one attached hydrogen (secondary N) is 2. The summed E-state index contributed by atoms with van der Waals surface area (Å²) in [5.74, 6) is -0.240. The maximum atomic E-state index is 11.3. The van der Waals surface area contributed by atoms with Crippen LogP contribution in [0.4, 0.5) is 5.69 Å². The van der Waals surface area contributed by atoms with Crippen LogP contribution in [0.2, 0.25) is 0 Å². The third-order valence-corrected chi connectivity index (χ3v) is 4.70. The number of carboxylic acid groups (broad SMARTS) is 1. The number of phenolic OH excluding ortho intramolecular Hbond substituents is 1. The quantitative estimate of drug-likeness (QED) is 0.390. The number of carboxylic acids is 1. The predicted molar refractivity (Wildman–Crippen MR) is 110 cm³/mol. The van der Waals surface area contributed by atoms with Gasteiger partial charge in [-0.25, -0.2) is 4.79 Å². The summed E-state index contributed by atoms with van der Waals surface area (Å²) in [5, 5.41) is 34.2. The molecule has 0 saturated heterocycles. The topological polar surface area (TPSA) is 137 Å². The SMILES string of the molecule is CC(C)(C)c1noc(-c2cccc(CNc3ccc4[nH]nc(C(=O)O)c4c3)c2O)n1. The molecule has 0 radical (unpaired) electrons. The van der Waals surface area contributed by atoms with Crippen molar-refractivity contribution in [1.29, 1.82) is 0 Å². The van der Waals surface area contributed by atoms with Crippen molar-refractivity contribution in [3.05, 3.63) is 53.5 Å². The number of benzene rings is 2. The highest BCUT2D eigenvalue weighted by molar-refractivity contribution is 6.01. The standard InChI is InChI=1S/C21H21N5O4/c1-21(2,3)20-23-18(30-26-20)13-6-4-5-11(17(13)27)10-22-12-7-8-15-14(9-12)16(19(28)29)25-24-15/h4-9,22,27H,10H2,1-3H3,(H,24,25)(H,28,29). The minimum atomic E-state index is -1.10. The second-order valence-electron chi connectivity index (χ2n) is 7.98. The van der Waals surface area contributed by atoms with E-state index in [4.69, 9.17) is 4.52 Å². The molecule has 4 aromatic rings. The maximum absolute atomic E-state index is 11.3. The van der Waals surface area contributed by atoms with E-state index in [0.717, 1.165) is 0 Å². The fourth-order valence-corrected chi connectivity index (χ4v) is 3.03. The third kappa shape index (κ3) is 3.57. The fraction of sp³-hybridized carbons (Fsp3) is 0.238. The summed E-state index contributed by atoms with van der Waals surface area (Å²) in [5.41, 5.74) is 2.11. The maximum Gasteiger partial charge on any atom is 0.357 e. The lowest BCUT2D eigenvalue weighted by molar-refractivity contribution is 0.0692. The van der Waals surface area contributed by atoms with Gasteiger partial charge in [0.25, 0.3) is 5.89 Å². The van der Waals surface area contributed by atoms with Crippen LogP contribution in [-0.4, -0.2) is 36.5 Å². The van der Waals surface area contributed by atoms with Crippen LogP contribution in [0, 0.1) is 0 Å². The normalized spacial score (nSPS) is 11.7. The summed E-state index contributed by atoms with van der Waals surface area (Å²) in [7, 11) is 0. The van der Waals surface area contributed by atoms with Crippen LogP contribution in [0.25, 0.3) is 22.4 Å². The Morgan fingerprint density at radius 2 is 2.03 bits per heavy atom. The molecule has 4 N–H and O–H groups in total. The first-order chi connectivity index (χ1) is 14.2. The van der Waals surface area contributed by atoms with Crippen LogP contribution in [0.3, 0.4) is 0 Å². The molecule has 2 aromatic carbocycles. The lowest BCUT2D eigenvalue weighted by Gasteiger charge is -2.11. The van der Waals surface area contributed by atoms with Gasteiger partial charge in [0.15, 0.2) is 11.5 Å². The van der Waals surface area contributed by atoms with Crippen molar-refractivity contribution in [2.75, 3.05) is 5.32 Å². The fourth-order valence-electron chi connectivity index (χ4n) is 3.03. The van der Waals surface area contributed by atoms with Crippen LogP contribution >= 0.6 is 0 Å². The van der Waals surface area contributed by atoms with E-state index in [1.54, 1.807) is 36.4 Å². The number of phenols is 1. The number of H-pyrrole nitrogens is 1. The molecule has 0 spiro atoms. The number of hydrogen-bond donors (Lipinski definition) is 4. The summed E-state index contributed by atoms with van der Waals surface area (Å²) in [6, 6.07) is 10.6. The average Bonchev–Trinajstić information content (AvgIpc) is 3.34. The highest BCUT2D eigenvalue weighted by atomic mass is 16.5. The number of fused-ring (bicyclic) bond motifs is 1. The molecule has 30 heavy (non-hydrogen) atoms. The van der Waals surface area contributed by atoms with E-state index in [1.807, 2.05) is 20.8 Å². The number of hydrogen-bond acceptors (Lipinski definition) is 7. The Hall–Kier alpha value is -3.88. The molecule has 9 heteroatoms. The zero-order valence-corrected chi connectivity index (χ0v) is 16.7. The molecule has 4 rings (SSSR count). The average molecular weight is 407 g/mol. The molecule has 9 nitrogen and oxygen atoms in total. The van der Waals surface area contributed by atoms with Gasteiger partial charge in [0.2, 0.25) is 0 Å². The zero-order chi connectivity index (χ0) is 21.5. The summed E-state index contributed by atoms with van der Waals surface area (Å²) in [6.07, 6.45) is 0. The molecule has 0 bridgehead atoms. The third-order valence-electron chi connectivity index (χ3n) is 4.70. The second kappa shape index (κ2) is 7.18. The van der Waals surface area contributed by atoms with Crippen LogP contribution in [0.5, 0.6) is 5.75 Å². The van der Waals surface area contributed by atoms with Gasteiger partial charge in [-0.05, 0) is 24.3 Å². The number of aromatic hydroxyl groups is 1. The van der Waals surface area contributed by atoms with Crippen molar-refractivity contribution in [1.82, 2.24) is 20.3 Å². The van der Waals surface area contributed by atoms with Crippen LogP contribution in [0.1, 0.15) is 42.6 Å². The van der Waals surface area contributed by atoms with Gasteiger partial charge in [0.05, 0.1) is 11.1 Å². The Bertz CT molecular complexity index is 1240. The van der Waals surface area contributed by atoms with E-state index in [9.17, 15) is 15.0 Å². The molecule has 0 fully saturated rings. The van der Waals surface area contributed by atoms with E-state index in [1.165, 1.54) is 0 Å². The Balaban J connectivity index is 1.58. The molecule has 0 aliphatic heterocycles. The van der Waals surface area contributed by atoms with Crippen molar-refractivity contribution in [2.45, 2.75) is 32.7 Å². The van der Waals surface area contributed by atoms with Crippen molar-refractivity contribution >= 4 is 22.6 Å². The molecule has 0 unspecified atom stereocenters. The molecule has 154 valence electrons. The van der Waals surface area contributed by atoms with Gasteiger partial charge in [-0.1, -0.05) is 38.1 Å². The van der Waals surface area contributed by atoms with Gasteiger partial charge in [0.1, 0.15) is 5.75 Å². The summed E-state index contributed by atoms with van der Waals surface area (Å²) in [4.78, 5) is 15.7. The van der Waals surface area contributed by atoms with Crippen molar-refractivity contribution in [3.63, 3.8) is 0 Å². The Morgan fingerprint density at radius 1 is 1.23 bits per heavy atom. The Morgan fingerprint density at radius 3 is 2.73 bits per heavy atom. The number of nitrogens with zero attached hydrogens (tertiary/aromatic N) is 3.